The van der Waals surface area contributed by atoms with Gasteiger partial charge in [-0.05, 0) is 54.6 Å². The fourth-order valence-corrected chi connectivity index (χ4v) is 2.32. The zero-order valence-electron chi connectivity index (χ0n) is 10.3. The van der Waals surface area contributed by atoms with Gasteiger partial charge >= 0.3 is 0 Å². The summed E-state index contributed by atoms with van der Waals surface area (Å²) in [4.78, 5) is 0. The zero-order valence-corrected chi connectivity index (χ0v) is 10.3. The van der Waals surface area contributed by atoms with Crippen LogP contribution in [0.1, 0.15) is 17.9 Å². The Morgan fingerprint density at radius 2 is 1.61 bits per heavy atom. The number of nitrogens with two attached hydrogens (primary N) is 1. The minimum Gasteiger partial charge on any atom is -0.457 e. The molecule has 0 radical (unpaired) electrons. The highest BCUT2D eigenvalue weighted by molar-refractivity contribution is 5.35. The molecule has 1 aliphatic carbocycles. The summed E-state index contributed by atoms with van der Waals surface area (Å²) >= 11 is 0. The summed E-state index contributed by atoms with van der Waals surface area (Å²) in [5.74, 6) is 3.11. The van der Waals surface area contributed by atoms with E-state index in [1.54, 1.807) is 0 Å². The van der Waals surface area contributed by atoms with Gasteiger partial charge in [0.05, 0.1) is 0 Å². The van der Waals surface area contributed by atoms with E-state index < -0.39 is 0 Å². The molecular formula is C16H17NO. The Morgan fingerprint density at radius 3 is 2.22 bits per heavy atom. The van der Waals surface area contributed by atoms with Crippen molar-refractivity contribution in [2.75, 3.05) is 6.54 Å². The number of hydrogen-bond donors (Lipinski definition) is 1. The van der Waals surface area contributed by atoms with Crippen LogP contribution in [0.3, 0.4) is 0 Å². The summed E-state index contributed by atoms with van der Waals surface area (Å²) in [6.45, 7) is 0.799. The standard InChI is InChI=1S/C16H17NO/c17-11-13-10-16(13)12-6-8-15(9-7-12)18-14-4-2-1-3-5-14/h1-9,13,16H,10-11,17H2/t13-,16-/m0/s1. The van der Waals surface area contributed by atoms with E-state index in [2.05, 4.69) is 12.1 Å². The van der Waals surface area contributed by atoms with Crippen LogP contribution in [0.4, 0.5) is 0 Å². The van der Waals surface area contributed by atoms with E-state index in [0.29, 0.717) is 11.8 Å². The van der Waals surface area contributed by atoms with Crippen LogP contribution < -0.4 is 10.5 Å². The van der Waals surface area contributed by atoms with E-state index in [-0.39, 0.29) is 0 Å². The molecule has 92 valence electrons. The van der Waals surface area contributed by atoms with Gasteiger partial charge in [-0.1, -0.05) is 30.3 Å². The third-order valence-corrected chi connectivity index (χ3v) is 3.51. The zero-order chi connectivity index (χ0) is 12.4. The second kappa shape index (κ2) is 4.83. The summed E-state index contributed by atoms with van der Waals surface area (Å²) in [7, 11) is 0. The Morgan fingerprint density at radius 1 is 0.944 bits per heavy atom. The van der Waals surface area contributed by atoms with E-state index in [9.17, 15) is 0 Å². The number of hydrogen-bond acceptors (Lipinski definition) is 2. The molecule has 18 heavy (non-hydrogen) atoms. The summed E-state index contributed by atoms with van der Waals surface area (Å²) in [5, 5.41) is 0. The third-order valence-electron chi connectivity index (χ3n) is 3.51. The van der Waals surface area contributed by atoms with E-state index >= 15 is 0 Å². The molecule has 2 atom stereocenters. The highest BCUT2D eigenvalue weighted by Gasteiger charge is 2.36. The molecule has 1 fully saturated rings. The first-order valence-electron chi connectivity index (χ1n) is 6.40. The maximum Gasteiger partial charge on any atom is 0.127 e. The third kappa shape index (κ3) is 2.39. The first-order chi connectivity index (χ1) is 8.86. The average molecular weight is 239 g/mol. The van der Waals surface area contributed by atoms with Crippen LogP contribution in [0.5, 0.6) is 11.5 Å². The van der Waals surface area contributed by atoms with E-state index in [4.69, 9.17) is 10.5 Å². The fraction of sp³-hybridized carbons (Fsp3) is 0.250. The van der Waals surface area contributed by atoms with Crippen LogP contribution in [0.25, 0.3) is 0 Å². The average Bonchev–Trinajstić information content (AvgIpc) is 3.20. The lowest BCUT2D eigenvalue weighted by Crippen LogP contribution is -2.01. The molecule has 2 aromatic rings. The van der Waals surface area contributed by atoms with Crippen molar-refractivity contribution >= 4 is 0 Å². The van der Waals surface area contributed by atoms with Crippen molar-refractivity contribution in [2.45, 2.75) is 12.3 Å². The van der Waals surface area contributed by atoms with Gasteiger partial charge in [0.2, 0.25) is 0 Å². The van der Waals surface area contributed by atoms with Gasteiger partial charge in [0, 0.05) is 0 Å². The quantitative estimate of drug-likeness (QED) is 0.885. The smallest absolute Gasteiger partial charge is 0.127 e. The molecule has 2 nitrogen and oxygen atoms in total. The molecule has 2 heteroatoms. The molecule has 0 bridgehead atoms. The van der Waals surface area contributed by atoms with Gasteiger partial charge in [0.15, 0.2) is 0 Å². The SMILES string of the molecule is NC[C@@H]1C[C@H]1c1ccc(Oc2ccccc2)cc1. The molecule has 0 amide bonds. The predicted molar refractivity (Wildman–Crippen MR) is 72.9 cm³/mol. The molecule has 1 aliphatic rings. The first-order valence-corrected chi connectivity index (χ1v) is 6.40. The van der Waals surface area contributed by atoms with Crippen LogP contribution in [0.2, 0.25) is 0 Å². The van der Waals surface area contributed by atoms with Crippen molar-refractivity contribution in [2.24, 2.45) is 11.7 Å². The summed E-state index contributed by atoms with van der Waals surface area (Å²) in [6.07, 6.45) is 1.23. The molecule has 1 saturated carbocycles. The number of benzene rings is 2. The predicted octanol–water partition coefficient (Wildman–Crippen LogP) is 3.54. The first kappa shape index (κ1) is 11.3. The molecule has 0 saturated heterocycles. The summed E-state index contributed by atoms with van der Waals surface area (Å²) < 4.78 is 5.76. The van der Waals surface area contributed by atoms with Crippen molar-refractivity contribution in [3.05, 3.63) is 60.2 Å². The maximum atomic E-state index is 5.76. The van der Waals surface area contributed by atoms with Crippen LogP contribution >= 0.6 is 0 Å². The van der Waals surface area contributed by atoms with Gasteiger partial charge in [-0.3, -0.25) is 0 Å². The second-order valence-electron chi connectivity index (χ2n) is 4.82. The maximum absolute atomic E-state index is 5.76. The van der Waals surface area contributed by atoms with Crippen LogP contribution in [-0.4, -0.2) is 6.54 Å². The number of para-hydroxylation sites is 1. The van der Waals surface area contributed by atoms with Gasteiger partial charge in [0.25, 0.3) is 0 Å². The Hall–Kier alpha value is -1.80. The van der Waals surface area contributed by atoms with Gasteiger partial charge in [-0.25, -0.2) is 0 Å². The lowest BCUT2D eigenvalue weighted by molar-refractivity contribution is 0.482. The van der Waals surface area contributed by atoms with Crippen molar-refractivity contribution < 1.29 is 4.74 Å². The van der Waals surface area contributed by atoms with Crippen molar-refractivity contribution in [1.82, 2.24) is 0 Å². The normalized spacial score (nSPS) is 21.6. The van der Waals surface area contributed by atoms with Gasteiger partial charge in [-0.15, -0.1) is 0 Å². The minimum absolute atomic E-state index is 0.667. The molecule has 0 heterocycles. The lowest BCUT2D eigenvalue weighted by atomic mass is 10.1. The van der Waals surface area contributed by atoms with E-state index in [1.165, 1.54) is 12.0 Å². The van der Waals surface area contributed by atoms with E-state index in [1.807, 2.05) is 42.5 Å². The fourth-order valence-electron chi connectivity index (χ4n) is 2.32. The van der Waals surface area contributed by atoms with E-state index in [0.717, 1.165) is 18.0 Å². The molecular weight excluding hydrogens is 222 g/mol. The van der Waals surface area contributed by atoms with Crippen LogP contribution in [0.15, 0.2) is 54.6 Å². The summed E-state index contributed by atoms with van der Waals surface area (Å²) in [5.41, 5.74) is 7.05. The van der Waals surface area contributed by atoms with Crippen molar-refractivity contribution in [3.8, 4) is 11.5 Å². The topological polar surface area (TPSA) is 35.2 Å². The lowest BCUT2D eigenvalue weighted by Gasteiger charge is -2.06. The van der Waals surface area contributed by atoms with Crippen LogP contribution in [-0.2, 0) is 0 Å². The number of rotatable bonds is 4. The minimum atomic E-state index is 0.667. The Labute approximate surface area is 107 Å². The molecule has 0 aliphatic heterocycles. The molecule has 0 aromatic heterocycles. The molecule has 3 rings (SSSR count). The Bertz CT molecular complexity index is 506. The van der Waals surface area contributed by atoms with Crippen LogP contribution in [0, 0.1) is 5.92 Å². The second-order valence-corrected chi connectivity index (χ2v) is 4.82. The monoisotopic (exact) mass is 239 g/mol. The Balaban J connectivity index is 1.68. The molecule has 2 aromatic carbocycles. The number of ether oxygens (including phenoxy) is 1. The van der Waals surface area contributed by atoms with Crippen molar-refractivity contribution in [1.29, 1.82) is 0 Å². The highest BCUT2D eigenvalue weighted by atomic mass is 16.5. The Kier molecular flexibility index (Phi) is 3.03. The van der Waals surface area contributed by atoms with Gasteiger partial charge < -0.3 is 10.5 Å². The van der Waals surface area contributed by atoms with Crippen molar-refractivity contribution in [3.63, 3.8) is 0 Å². The van der Waals surface area contributed by atoms with Gasteiger partial charge in [0.1, 0.15) is 11.5 Å². The molecule has 2 N–H and O–H groups in total. The highest BCUT2D eigenvalue weighted by Crippen LogP contribution is 2.46. The summed E-state index contributed by atoms with van der Waals surface area (Å²) in [6, 6.07) is 18.2. The largest absolute Gasteiger partial charge is 0.457 e. The molecule has 0 unspecified atom stereocenters. The van der Waals surface area contributed by atoms with Gasteiger partial charge in [-0.2, -0.15) is 0 Å². The molecule has 0 spiro atoms.